The van der Waals surface area contributed by atoms with Gasteiger partial charge < -0.3 is 5.73 Å². The number of benzene rings is 1. The van der Waals surface area contributed by atoms with Crippen LogP contribution in [0, 0.1) is 0 Å². The van der Waals surface area contributed by atoms with Crippen LogP contribution in [0.1, 0.15) is 18.2 Å². The van der Waals surface area contributed by atoms with Crippen molar-refractivity contribution in [1.82, 2.24) is 9.71 Å². The Morgan fingerprint density at radius 3 is 2.81 bits per heavy atom. The second kappa shape index (κ2) is 6.55. The molecule has 112 valence electrons. The predicted molar refractivity (Wildman–Crippen MR) is 86.2 cm³/mol. The fourth-order valence-electron chi connectivity index (χ4n) is 1.92. The lowest BCUT2D eigenvalue weighted by Crippen LogP contribution is -2.24. The molecule has 0 bridgehead atoms. The molecule has 0 saturated carbocycles. The molecule has 0 amide bonds. The second-order valence-corrected chi connectivity index (χ2v) is 7.07. The van der Waals surface area contributed by atoms with E-state index in [1.165, 1.54) is 6.07 Å². The van der Waals surface area contributed by atoms with Crippen LogP contribution < -0.4 is 10.5 Å². The highest BCUT2D eigenvalue weighted by Crippen LogP contribution is 2.24. The SMILES string of the molecule is CCc1cccnc1CNS(=O)(=O)c1cc(N)ccc1Br. The summed E-state index contributed by atoms with van der Waals surface area (Å²) < 4.78 is 27.7. The Labute approximate surface area is 132 Å². The lowest BCUT2D eigenvalue weighted by molar-refractivity contribution is 0.579. The van der Waals surface area contributed by atoms with Crippen LogP contribution in [0.15, 0.2) is 45.9 Å². The van der Waals surface area contributed by atoms with Crippen LogP contribution in [0.4, 0.5) is 5.69 Å². The highest BCUT2D eigenvalue weighted by molar-refractivity contribution is 9.10. The molecule has 0 unspecified atom stereocenters. The Morgan fingerprint density at radius 2 is 2.10 bits per heavy atom. The number of nitrogen functional groups attached to an aromatic ring is 1. The summed E-state index contributed by atoms with van der Waals surface area (Å²) in [6.45, 7) is 2.15. The zero-order valence-corrected chi connectivity index (χ0v) is 13.9. The highest BCUT2D eigenvalue weighted by Gasteiger charge is 2.18. The van der Waals surface area contributed by atoms with Gasteiger partial charge in [0.15, 0.2) is 0 Å². The van der Waals surface area contributed by atoms with Gasteiger partial charge in [0, 0.05) is 16.4 Å². The topological polar surface area (TPSA) is 85.1 Å². The minimum Gasteiger partial charge on any atom is -0.399 e. The summed E-state index contributed by atoms with van der Waals surface area (Å²) in [4.78, 5) is 4.34. The van der Waals surface area contributed by atoms with Crippen molar-refractivity contribution < 1.29 is 8.42 Å². The van der Waals surface area contributed by atoms with Gasteiger partial charge in [0.25, 0.3) is 0 Å². The van der Waals surface area contributed by atoms with E-state index in [-0.39, 0.29) is 11.4 Å². The maximum atomic E-state index is 12.4. The standard InChI is InChI=1S/C14H16BrN3O2S/c1-2-10-4-3-7-17-13(10)9-18-21(19,20)14-8-11(16)5-6-12(14)15/h3-8,18H,2,9,16H2,1H3. The molecule has 0 spiro atoms. The van der Waals surface area contributed by atoms with E-state index in [2.05, 4.69) is 25.6 Å². The molecular weight excluding hydrogens is 354 g/mol. The molecule has 0 radical (unpaired) electrons. The monoisotopic (exact) mass is 369 g/mol. The fourth-order valence-corrected chi connectivity index (χ4v) is 3.90. The molecule has 0 aliphatic rings. The zero-order valence-electron chi connectivity index (χ0n) is 11.5. The van der Waals surface area contributed by atoms with E-state index in [0.717, 1.165) is 17.7 Å². The molecule has 2 aromatic rings. The number of halogens is 1. The third-order valence-electron chi connectivity index (χ3n) is 3.04. The smallest absolute Gasteiger partial charge is 0.242 e. The van der Waals surface area contributed by atoms with Crippen LogP contribution in [-0.2, 0) is 23.0 Å². The van der Waals surface area contributed by atoms with Crippen LogP contribution >= 0.6 is 15.9 Å². The van der Waals surface area contributed by atoms with Crippen molar-refractivity contribution in [2.45, 2.75) is 24.8 Å². The lowest BCUT2D eigenvalue weighted by Gasteiger charge is -2.10. The molecule has 0 atom stereocenters. The van der Waals surface area contributed by atoms with Gasteiger partial charge in [0.1, 0.15) is 0 Å². The van der Waals surface area contributed by atoms with Crippen molar-refractivity contribution in [1.29, 1.82) is 0 Å². The largest absolute Gasteiger partial charge is 0.399 e. The number of sulfonamides is 1. The molecule has 1 aromatic carbocycles. The van der Waals surface area contributed by atoms with Crippen LogP contribution in [0.5, 0.6) is 0 Å². The van der Waals surface area contributed by atoms with Gasteiger partial charge in [-0.25, -0.2) is 13.1 Å². The maximum absolute atomic E-state index is 12.4. The van der Waals surface area contributed by atoms with Crippen molar-refractivity contribution in [3.63, 3.8) is 0 Å². The molecule has 0 aliphatic heterocycles. The number of nitrogens with one attached hydrogen (secondary N) is 1. The van der Waals surface area contributed by atoms with Gasteiger partial charge in [-0.05, 0) is 52.2 Å². The van der Waals surface area contributed by atoms with E-state index in [0.29, 0.717) is 10.2 Å². The van der Waals surface area contributed by atoms with E-state index in [1.807, 2.05) is 19.1 Å². The number of rotatable bonds is 5. The van der Waals surface area contributed by atoms with Gasteiger partial charge in [0.05, 0.1) is 17.1 Å². The van der Waals surface area contributed by atoms with Gasteiger partial charge in [-0.3, -0.25) is 4.98 Å². The van der Waals surface area contributed by atoms with E-state index in [9.17, 15) is 8.42 Å². The molecule has 21 heavy (non-hydrogen) atoms. The summed E-state index contributed by atoms with van der Waals surface area (Å²) in [7, 11) is -3.65. The Hall–Kier alpha value is -1.44. The van der Waals surface area contributed by atoms with Crippen molar-refractivity contribution in [2.24, 2.45) is 0 Å². The molecule has 7 heteroatoms. The summed E-state index contributed by atoms with van der Waals surface area (Å²) in [5.74, 6) is 0. The van der Waals surface area contributed by atoms with Crippen molar-refractivity contribution in [3.05, 3.63) is 52.3 Å². The Bertz CT molecular complexity index is 748. The van der Waals surface area contributed by atoms with Gasteiger partial charge in [-0.1, -0.05) is 13.0 Å². The summed E-state index contributed by atoms with van der Waals surface area (Å²) in [6, 6.07) is 8.45. The fraction of sp³-hybridized carbons (Fsp3) is 0.214. The molecular formula is C14H16BrN3O2S. The lowest BCUT2D eigenvalue weighted by atomic mass is 10.1. The van der Waals surface area contributed by atoms with E-state index < -0.39 is 10.0 Å². The van der Waals surface area contributed by atoms with Crippen molar-refractivity contribution in [3.8, 4) is 0 Å². The van der Waals surface area contributed by atoms with Gasteiger partial charge in [0.2, 0.25) is 10.0 Å². The number of hydrogen-bond donors (Lipinski definition) is 2. The summed E-state index contributed by atoms with van der Waals surface area (Å²) in [6.07, 6.45) is 2.45. The first kappa shape index (κ1) is 15.9. The summed E-state index contributed by atoms with van der Waals surface area (Å²) in [5, 5.41) is 0. The summed E-state index contributed by atoms with van der Waals surface area (Å²) >= 11 is 3.23. The Kier molecular flexibility index (Phi) is 4.97. The zero-order chi connectivity index (χ0) is 15.5. The van der Waals surface area contributed by atoms with Crippen LogP contribution in [0.25, 0.3) is 0 Å². The number of aryl methyl sites for hydroxylation is 1. The maximum Gasteiger partial charge on any atom is 0.242 e. The average molecular weight is 370 g/mol. The number of pyridine rings is 1. The van der Waals surface area contributed by atoms with E-state index >= 15 is 0 Å². The van der Waals surface area contributed by atoms with E-state index in [4.69, 9.17) is 5.73 Å². The first-order valence-electron chi connectivity index (χ1n) is 6.41. The Morgan fingerprint density at radius 1 is 1.33 bits per heavy atom. The predicted octanol–water partition coefficient (Wildman–Crippen LogP) is 2.47. The van der Waals surface area contributed by atoms with Crippen LogP contribution in [0.3, 0.4) is 0 Å². The number of hydrogen-bond acceptors (Lipinski definition) is 4. The number of anilines is 1. The molecule has 1 heterocycles. The molecule has 1 aromatic heterocycles. The first-order valence-corrected chi connectivity index (χ1v) is 8.69. The minimum absolute atomic E-state index is 0.122. The third kappa shape index (κ3) is 3.81. The summed E-state index contributed by atoms with van der Waals surface area (Å²) in [5.41, 5.74) is 7.79. The second-order valence-electron chi connectivity index (χ2n) is 4.48. The Balaban J connectivity index is 2.24. The highest BCUT2D eigenvalue weighted by atomic mass is 79.9. The molecule has 5 nitrogen and oxygen atoms in total. The van der Waals surface area contributed by atoms with E-state index in [1.54, 1.807) is 18.3 Å². The number of nitrogens with two attached hydrogens (primary N) is 1. The number of aromatic nitrogens is 1. The number of nitrogens with zero attached hydrogens (tertiary/aromatic N) is 1. The van der Waals surface area contributed by atoms with Crippen molar-refractivity contribution in [2.75, 3.05) is 5.73 Å². The molecule has 0 fully saturated rings. The average Bonchev–Trinajstić information content (AvgIpc) is 2.48. The van der Waals surface area contributed by atoms with Crippen LogP contribution in [-0.4, -0.2) is 13.4 Å². The van der Waals surface area contributed by atoms with Gasteiger partial charge in [-0.15, -0.1) is 0 Å². The third-order valence-corrected chi connectivity index (χ3v) is 5.43. The van der Waals surface area contributed by atoms with Gasteiger partial charge >= 0.3 is 0 Å². The molecule has 2 rings (SSSR count). The normalized spacial score (nSPS) is 11.5. The van der Waals surface area contributed by atoms with Gasteiger partial charge in [-0.2, -0.15) is 0 Å². The quantitative estimate of drug-likeness (QED) is 0.792. The van der Waals surface area contributed by atoms with Crippen molar-refractivity contribution >= 4 is 31.6 Å². The molecule has 0 aliphatic carbocycles. The molecule has 0 saturated heterocycles. The minimum atomic E-state index is -3.65. The first-order chi connectivity index (χ1) is 9.94. The molecule has 3 N–H and O–H groups in total. The van der Waals surface area contributed by atoms with Crippen LogP contribution in [0.2, 0.25) is 0 Å².